The molecule has 2 rings (SSSR count). The largest absolute Gasteiger partial charge is 0.417 e. The van der Waals surface area contributed by atoms with Gasteiger partial charge in [0.1, 0.15) is 5.82 Å². The molecule has 1 aromatic carbocycles. The molecule has 0 aliphatic heterocycles. The fraction of sp³-hybridized carbons (Fsp3) is 0.250. The molecule has 0 saturated heterocycles. The van der Waals surface area contributed by atoms with E-state index >= 15 is 0 Å². The van der Waals surface area contributed by atoms with Gasteiger partial charge in [0.2, 0.25) is 5.91 Å². The van der Waals surface area contributed by atoms with E-state index < -0.39 is 11.7 Å². The average molecular weight is 373 g/mol. The smallest absolute Gasteiger partial charge is 0.399 e. The van der Waals surface area contributed by atoms with Gasteiger partial charge in [-0.25, -0.2) is 4.98 Å². The van der Waals surface area contributed by atoms with Crippen LogP contribution in [0, 0.1) is 6.92 Å². The number of carbonyl (C=O) groups is 1. The first-order valence-electron chi connectivity index (χ1n) is 7.29. The zero-order chi connectivity index (χ0) is 18.6. The third-order valence-corrected chi connectivity index (χ3v) is 3.64. The molecule has 1 aromatic heterocycles. The Bertz CT molecular complexity index is 780. The van der Waals surface area contributed by atoms with Crippen LogP contribution < -0.4 is 16.4 Å². The van der Waals surface area contributed by atoms with Crippen molar-refractivity contribution in [1.82, 2.24) is 4.98 Å². The first kappa shape index (κ1) is 18.9. The second kappa shape index (κ2) is 7.60. The Morgan fingerprint density at radius 2 is 2.04 bits per heavy atom. The fourth-order valence-electron chi connectivity index (χ4n) is 2.00. The number of aryl methyl sites for hydroxylation is 1. The molecule has 4 N–H and O–H groups in total. The zero-order valence-corrected chi connectivity index (χ0v) is 14.0. The summed E-state index contributed by atoms with van der Waals surface area (Å²) < 4.78 is 37.6. The number of pyridine rings is 1. The molecule has 0 spiro atoms. The number of halogens is 4. The molecule has 0 unspecified atom stereocenters. The van der Waals surface area contributed by atoms with E-state index in [4.69, 9.17) is 17.3 Å². The van der Waals surface area contributed by atoms with Gasteiger partial charge in [0, 0.05) is 30.5 Å². The van der Waals surface area contributed by atoms with Gasteiger partial charge >= 0.3 is 6.18 Å². The number of benzene rings is 1. The molecule has 2 aromatic rings. The number of aromatic nitrogens is 1. The van der Waals surface area contributed by atoms with E-state index in [1.807, 2.05) is 6.92 Å². The summed E-state index contributed by atoms with van der Waals surface area (Å²) in [6, 6.07) is 5.95. The molecule has 0 radical (unpaired) electrons. The van der Waals surface area contributed by atoms with Crippen LogP contribution in [0.4, 0.5) is 30.4 Å². The summed E-state index contributed by atoms with van der Waals surface area (Å²) in [6.45, 7) is 1.99. The van der Waals surface area contributed by atoms with Gasteiger partial charge in [-0.2, -0.15) is 13.2 Å². The third kappa shape index (κ3) is 5.25. The van der Waals surface area contributed by atoms with Crippen LogP contribution in [0.1, 0.15) is 17.5 Å². The van der Waals surface area contributed by atoms with Crippen LogP contribution >= 0.6 is 11.6 Å². The molecule has 0 fully saturated rings. The first-order chi connectivity index (χ1) is 11.7. The number of amides is 1. The lowest BCUT2D eigenvalue weighted by molar-refractivity contribution is -0.137. The van der Waals surface area contributed by atoms with Crippen molar-refractivity contribution in [2.75, 3.05) is 22.9 Å². The van der Waals surface area contributed by atoms with E-state index in [2.05, 4.69) is 15.6 Å². The van der Waals surface area contributed by atoms with Crippen LogP contribution in [0.25, 0.3) is 0 Å². The van der Waals surface area contributed by atoms with Crippen molar-refractivity contribution in [1.29, 1.82) is 0 Å². The van der Waals surface area contributed by atoms with Gasteiger partial charge in [0.15, 0.2) is 0 Å². The Labute approximate surface area is 147 Å². The van der Waals surface area contributed by atoms with Crippen molar-refractivity contribution in [3.63, 3.8) is 0 Å². The molecule has 5 nitrogen and oxygen atoms in total. The molecule has 0 bridgehead atoms. The third-order valence-electron chi connectivity index (χ3n) is 3.35. The van der Waals surface area contributed by atoms with Gasteiger partial charge in [0.25, 0.3) is 0 Å². The summed E-state index contributed by atoms with van der Waals surface area (Å²) in [4.78, 5) is 15.6. The molecule has 134 valence electrons. The van der Waals surface area contributed by atoms with E-state index in [1.54, 1.807) is 18.2 Å². The highest BCUT2D eigenvalue weighted by atomic mass is 35.5. The number of nitrogens with zero attached hydrogens (tertiary/aromatic N) is 1. The van der Waals surface area contributed by atoms with Gasteiger partial charge in [-0.1, -0.05) is 17.7 Å². The topological polar surface area (TPSA) is 80.0 Å². The highest BCUT2D eigenvalue weighted by Crippen LogP contribution is 2.32. The number of anilines is 3. The predicted octanol–water partition coefficient (Wildman–Crippen LogP) is 4.09. The molecule has 0 aliphatic carbocycles. The monoisotopic (exact) mass is 372 g/mol. The van der Waals surface area contributed by atoms with Crippen LogP contribution in [0.3, 0.4) is 0 Å². The number of nitrogens with two attached hydrogens (primary N) is 1. The van der Waals surface area contributed by atoms with Crippen LogP contribution in [-0.4, -0.2) is 17.4 Å². The molecule has 0 saturated carbocycles. The number of hydrogen-bond donors (Lipinski definition) is 3. The highest BCUT2D eigenvalue weighted by molar-refractivity contribution is 6.33. The van der Waals surface area contributed by atoms with Crippen molar-refractivity contribution in [2.24, 2.45) is 0 Å². The molecular weight excluding hydrogens is 357 g/mol. The summed E-state index contributed by atoms with van der Waals surface area (Å²) in [5.74, 6) is -0.188. The van der Waals surface area contributed by atoms with Gasteiger partial charge in [-0.15, -0.1) is 0 Å². The normalized spacial score (nSPS) is 11.2. The number of nitrogens with one attached hydrogen (secondary N) is 2. The SMILES string of the molecule is Cc1ccc(N)cc1NC(=O)CCNc1ncc(C(F)(F)F)cc1Cl. The highest BCUT2D eigenvalue weighted by Gasteiger charge is 2.31. The van der Waals surface area contributed by atoms with E-state index in [9.17, 15) is 18.0 Å². The summed E-state index contributed by atoms with van der Waals surface area (Å²) in [5, 5.41) is 5.29. The maximum absolute atomic E-state index is 12.5. The van der Waals surface area contributed by atoms with E-state index in [1.165, 1.54) is 0 Å². The molecular formula is C16H16ClF3N4O. The van der Waals surface area contributed by atoms with E-state index in [0.29, 0.717) is 17.6 Å². The van der Waals surface area contributed by atoms with Crippen LogP contribution in [0.2, 0.25) is 5.02 Å². The Kier molecular flexibility index (Phi) is 5.73. The number of alkyl halides is 3. The number of nitrogen functional groups attached to an aromatic ring is 1. The summed E-state index contributed by atoms with van der Waals surface area (Å²) in [7, 11) is 0. The number of carbonyl (C=O) groups excluding carboxylic acids is 1. The van der Waals surface area contributed by atoms with E-state index in [-0.39, 0.29) is 29.7 Å². The van der Waals surface area contributed by atoms with Gasteiger partial charge in [-0.05, 0) is 30.7 Å². The minimum Gasteiger partial charge on any atom is -0.399 e. The summed E-state index contributed by atoms with van der Waals surface area (Å²) in [6.07, 6.45) is -3.75. The Morgan fingerprint density at radius 3 is 2.68 bits per heavy atom. The van der Waals surface area contributed by atoms with Crippen molar-refractivity contribution in [2.45, 2.75) is 19.5 Å². The zero-order valence-electron chi connectivity index (χ0n) is 13.2. The molecule has 25 heavy (non-hydrogen) atoms. The lowest BCUT2D eigenvalue weighted by Crippen LogP contribution is -2.17. The molecule has 0 atom stereocenters. The average Bonchev–Trinajstić information content (AvgIpc) is 2.51. The lowest BCUT2D eigenvalue weighted by atomic mass is 10.2. The molecule has 1 heterocycles. The Morgan fingerprint density at radius 1 is 1.32 bits per heavy atom. The quantitative estimate of drug-likeness (QED) is 0.691. The summed E-state index contributed by atoms with van der Waals surface area (Å²) in [5.41, 5.74) is 6.74. The minimum absolute atomic E-state index is 0.0767. The van der Waals surface area contributed by atoms with Crippen LogP contribution in [0.15, 0.2) is 30.5 Å². The van der Waals surface area contributed by atoms with Gasteiger partial charge in [-0.3, -0.25) is 4.79 Å². The predicted molar refractivity (Wildman–Crippen MR) is 91.6 cm³/mol. The van der Waals surface area contributed by atoms with Crippen LogP contribution in [-0.2, 0) is 11.0 Å². The van der Waals surface area contributed by atoms with Crippen LogP contribution in [0.5, 0.6) is 0 Å². The van der Waals surface area contributed by atoms with Crippen molar-refractivity contribution in [3.05, 3.63) is 46.6 Å². The number of hydrogen-bond acceptors (Lipinski definition) is 4. The van der Waals surface area contributed by atoms with Crippen molar-refractivity contribution < 1.29 is 18.0 Å². The summed E-state index contributed by atoms with van der Waals surface area (Å²) >= 11 is 5.78. The second-order valence-electron chi connectivity index (χ2n) is 5.35. The number of rotatable bonds is 5. The maximum atomic E-state index is 12.5. The van der Waals surface area contributed by atoms with E-state index in [0.717, 1.165) is 11.6 Å². The van der Waals surface area contributed by atoms with Crippen molar-refractivity contribution >= 4 is 34.7 Å². The van der Waals surface area contributed by atoms with Crippen molar-refractivity contribution in [3.8, 4) is 0 Å². The molecule has 1 amide bonds. The lowest BCUT2D eigenvalue weighted by Gasteiger charge is -2.12. The Balaban J connectivity index is 1.90. The fourth-order valence-corrected chi connectivity index (χ4v) is 2.24. The Hall–Kier alpha value is -2.48. The van der Waals surface area contributed by atoms with Gasteiger partial charge < -0.3 is 16.4 Å². The van der Waals surface area contributed by atoms with Gasteiger partial charge in [0.05, 0.1) is 10.6 Å². The standard InChI is InChI=1S/C16H16ClF3N4O/c1-9-2-3-11(21)7-13(9)24-14(25)4-5-22-15-12(17)6-10(8-23-15)16(18,19)20/h2-3,6-8H,4-5,21H2,1H3,(H,22,23)(H,24,25). The minimum atomic E-state index is -4.51. The second-order valence-corrected chi connectivity index (χ2v) is 5.76. The molecule has 0 aliphatic rings. The molecule has 9 heteroatoms. The first-order valence-corrected chi connectivity index (χ1v) is 7.67. The maximum Gasteiger partial charge on any atom is 0.417 e.